The van der Waals surface area contributed by atoms with E-state index in [1.807, 2.05) is 12.1 Å². The van der Waals surface area contributed by atoms with Crippen molar-refractivity contribution in [1.29, 1.82) is 0 Å². The SMILES string of the molecule is C=C(C)C(=O)Nc1ccc2c(c1)C(=O)CC2. The lowest BCUT2D eigenvalue weighted by Gasteiger charge is -2.06. The molecule has 0 saturated carbocycles. The molecule has 0 spiro atoms. The second-order valence-corrected chi connectivity index (χ2v) is 4.03. The predicted octanol–water partition coefficient (Wildman–Crippen LogP) is 2.33. The molecule has 3 nitrogen and oxygen atoms in total. The van der Waals surface area contributed by atoms with Gasteiger partial charge in [-0.15, -0.1) is 0 Å². The summed E-state index contributed by atoms with van der Waals surface area (Å²) in [6.07, 6.45) is 1.39. The number of anilines is 1. The number of fused-ring (bicyclic) bond motifs is 1. The molecule has 3 heteroatoms. The Morgan fingerprint density at radius 1 is 1.38 bits per heavy atom. The van der Waals surface area contributed by atoms with Crippen molar-refractivity contribution in [3.8, 4) is 0 Å². The Morgan fingerprint density at radius 3 is 2.81 bits per heavy atom. The molecule has 0 aliphatic heterocycles. The van der Waals surface area contributed by atoms with E-state index in [1.54, 1.807) is 13.0 Å². The summed E-state index contributed by atoms with van der Waals surface area (Å²) < 4.78 is 0. The van der Waals surface area contributed by atoms with Crippen LogP contribution in [0.15, 0.2) is 30.4 Å². The Hall–Kier alpha value is -1.90. The van der Waals surface area contributed by atoms with E-state index >= 15 is 0 Å². The van der Waals surface area contributed by atoms with Crippen LogP contribution in [-0.2, 0) is 11.2 Å². The molecule has 1 aliphatic carbocycles. The number of aryl methyl sites for hydroxylation is 1. The van der Waals surface area contributed by atoms with Gasteiger partial charge in [-0.25, -0.2) is 0 Å². The van der Waals surface area contributed by atoms with Crippen LogP contribution in [-0.4, -0.2) is 11.7 Å². The van der Waals surface area contributed by atoms with Crippen molar-refractivity contribution < 1.29 is 9.59 Å². The van der Waals surface area contributed by atoms with Gasteiger partial charge in [0.15, 0.2) is 5.78 Å². The minimum Gasteiger partial charge on any atom is -0.322 e. The fourth-order valence-electron chi connectivity index (χ4n) is 1.75. The highest BCUT2D eigenvalue weighted by atomic mass is 16.1. The zero-order valence-electron chi connectivity index (χ0n) is 9.17. The van der Waals surface area contributed by atoms with E-state index in [9.17, 15) is 9.59 Å². The molecule has 1 amide bonds. The molecule has 0 heterocycles. The fraction of sp³-hybridized carbons (Fsp3) is 0.231. The average Bonchev–Trinajstić information content (AvgIpc) is 2.60. The first-order valence-electron chi connectivity index (χ1n) is 5.21. The molecule has 82 valence electrons. The van der Waals surface area contributed by atoms with Crippen LogP contribution < -0.4 is 5.32 Å². The zero-order chi connectivity index (χ0) is 11.7. The summed E-state index contributed by atoms with van der Waals surface area (Å²) in [6.45, 7) is 5.21. The van der Waals surface area contributed by atoms with Gasteiger partial charge >= 0.3 is 0 Å². The third-order valence-electron chi connectivity index (χ3n) is 2.68. The number of rotatable bonds is 2. The Morgan fingerprint density at radius 2 is 2.12 bits per heavy atom. The van der Waals surface area contributed by atoms with Gasteiger partial charge < -0.3 is 5.32 Å². The summed E-state index contributed by atoms with van der Waals surface area (Å²) in [5.74, 6) is -0.0631. The number of hydrogen-bond acceptors (Lipinski definition) is 2. The molecule has 1 aliphatic rings. The topological polar surface area (TPSA) is 46.2 Å². The first-order valence-corrected chi connectivity index (χ1v) is 5.21. The van der Waals surface area contributed by atoms with Crippen LogP contribution in [0, 0.1) is 0 Å². The summed E-state index contributed by atoms with van der Waals surface area (Å²) >= 11 is 0. The van der Waals surface area contributed by atoms with Gasteiger partial charge in [0.1, 0.15) is 0 Å². The van der Waals surface area contributed by atoms with Gasteiger partial charge in [-0.05, 0) is 31.0 Å². The van der Waals surface area contributed by atoms with Crippen LogP contribution in [0.2, 0.25) is 0 Å². The molecule has 0 saturated heterocycles. The van der Waals surface area contributed by atoms with Crippen molar-refractivity contribution >= 4 is 17.4 Å². The van der Waals surface area contributed by atoms with E-state index in [0.29, 0.717) is 17.7 Å². The highest BCUT2D eigenvalue weighted by Gasteiger charge is 2.19. The lowest BCUT2D eigenvalue weighted by Crippen LogP contribution is -2.12. The predicted molar refractivity (Wildman–Crippen MR) is 62.5 cm³/mol. The first kappa shape index (κ1) is 10.6. The largest absolute Gasteiger partial charge is 0.322 e. The van der Waals surface area contributed by atoms with E-state index in [1.165, 1.54) is 0 Å². The molecule has 0 radical (unpaired) electrons. The summed E-state index contributed by atoms with van der Waals surface area (Å²) in [4.78, 5) is 22.9. The van der Waals surface area contributed by atoms with Gasteiger partial charge in [-0.2, -0.15) is 0 Å². The van der Waals surface area contributed by atoms with Gasteiger partial charge in [0.25, 0.3) is 5.91 Å². The highest BCUT2D eigenvalue weighted by molar-refractivity contribution is 6.05. The zero-order valence-corrected chi connectivity index (χ0v) is 9.17. The Kier molecular flexibility index (Phi) is 2.60. The van der Waals surface area contributed by atoms with Crippen LogP contribution in [0.5, 0.6) is 0 Å². The molecule has 1 aromatic rings. The number of amides is 1. The maximum Gasteiger partial charge on any atom is 0.250 e. The van der Waals surface area contributed by atoms with Crippen LogP contribution in [0.4, 0.5) is 5.69 Å². The molecule has 2 rings (SSSR count). The number of carbonyl (C=O) groups is 2. The normalized spacial score (nSPS) is 13.4. The quantitative estimate of drug-likeness (QED) is 0.769. The molecular weight excluding hydrogens is 202 g/mol. The third kappa shape index (κ3) is 1.89. The smallest absolute Gasteiger partial charge is 0.250 e. The van der Waals surface area contributed by atoms with Crippen molar-refractivity contribution in [2.75, 3.05) is 5.32 Å². The standard InChI is InChI=1S/C13H13NO2/c1-8(2)13(16)14-10-5-3-9-4-6-12(15)11(9)7-10/h3,5,7H,1,4,6H2,2H3,(H,14,16). The van der Waals surface area contributed by atoms with E-state index in [-0.39, 0.29) is 11.7 Å². The second kappa shape index (κ2) is 3.93. The van der Waals surface area contributed by atoms with Gasteiger partial charge in [-0.1, -0.05) is 12.6 Å². The van der Waals surface area contributed by atoms with Gasteiger partial charge in [-0.3, -0.25) is 9.59 Å². The maximum absolute atomic E-state index is 11.5. The van der Waals surface area contributed by atoms with Crippen LogP contribution in [0.25, 0.3) is 0 Å². The van der Waals surface area contributed by atoms with Crippen molar-refractivity contribution in [1.82, 2.24) is 0 Å². The summed E-state index contributed by atoms with van der Waals surface area (Å²) in [7, 11) is 0. The lowest BCUT2D eigenvalue weighted by molar-refractivity contribution is -0.112. The Labute approximate surface area is 94.2 Å². The van der Waals surface area contributed by atoms with E-state index in [0.717, 1.165) is 17.5 Å². The second-order valence-electron chi connectivity index (χ2n) is 4.03. The lowest BCUT2D eigenvalue weighted by atomic mass is 10.1. The number of hydrogen-bond donors (Lipinski definition) is 1. The highest BCUT2D eigenvalue weighted by Crippen LogP contribution is 2.25. The summed E-state index contributed by atoms with van der Waals surface area (Å²) in [5, 5.41) is 2.70. The minimum atomic E-state index is -0.217. The first-order chi connectivity index (χ1) is 7.58. The van der Waals surface area contributed by atoms with Crippen molar-refractivity contribution in [2.45, 2.75) is 19.8 Å². The summed E-state index contributed by atoms with van der Waals surface area (Å²) in [6, 6.07) is 5.46. The van der Waals surface area contributed by atoms with Gasteiger partial charge in [0, 0.05) is 23.2 Å². The van der Waals surface area contributed by atoms with E-state index < -0.39 is 0 Å². The average molecular weight is 215 g/mol. The number of nitrogens with one attached hydrogen (secondary N) is 1. The molecule has 1 N–H and O–H groups in total. The molecule has 0 aromatic heterocycles. The van der Waals surface area contributed by atoms with Crippen molar-refractivity contribution in [3.05, 3.63) is 41.5 Å². The Bertz CT molecular complexity index is 489. The third-order valence-corrected chi connectivity index (χ3v) is 2.68. The van der Waals surface area contributed by atoms with Crippen LogP contribution in [0.1, 0.15) is 29.3 Å². The van der Waals surface area contributed by atoms with Crippen LogP contribution >= 0.6 is 0 Å². The molecular formula is C13H13NO2. The number of carbonyl (C=O) groups excluding carboxylic acids is 2. The van der Waals surface area contributed by atoms with E-state index in [2.05, 4.69) is 11.9 Å². The maximum atomic E-state index is 11.5. The molecule has 0 unspecified atom stereocenters. The van der Waals surface area contributed by atoms with Crippen molar-refractivity contribution in [3.63, 3.8) is 0 Å². The molecule has 0 atom stereocenters. The van der Waals surface area contributed by atoms with Gasteiger partial charge in [0.05, 0.1) is 0 Å². The number of Topliss-reactive ketones (excluding diaryl/α,β-unsaturated/α-hetero) is 1. The molecule has 0 fully saturated rings. The van der Waals surface area contributed by atoms with E-state index in [4.69, 9.17) is 0 Å². The molecule has 0 bridgehead atoms. The van der Waals surface area contributed by atoms with Crippen LogP contribution in [0.3, 0.4) is 0 Å². The molecule has 1 aromatic carbocycles. The number of ketones is 1. The fourth-order valence-corrected chi connectivity index (χ4v) is 1.75. The minimum absolute atomic E-state index is 0.154. The van der Waals surface area contributed by atoms with Crippen molar-refractivity contribution in [2.24, 2.45) is 0 Å². The molecule has 16 heavy (non-hydrogen) atoms. The monoisotopic (exact) mass is 215 g/mol. The van der Waals surface area contributed by atoms with Gasteiger partial charge in [0.2, 0.25) is 0 Å². The Balaban J connectivity index is 2.25. The number of benzene rings is 1. The summed E-state index contributed by atoms with van der Waals surface area (Å²) in [5.41, 5.74) is 2.91.